The van der Waals surface area contributed by atoms with E-state index in [1.165, 1.54) is 25.7 Å². The fourth-order valence-corrected chi connectivity index (χ4v) is 3.41. The first-order chi connectivity index (χ1) is 6.88. The Kier molecular flexibility index (Phi) is 4.59. The second-order valence-electron chi connectivity index (χ2n) is 5.91. The monoisotopic (exact) mass is 226 g/mol. The predicted molar refractivity (Wildman–Crippen MR) is 69.6 cm³/mol. The van der Waals surface area contributed by atoms with Gasteiger partial charge in [0.05, 0.1) is 0 Å². The van der Waals surface area contributed by atoms with Crippen molar-refractivity contribution in [3.05, 3.63) is 11.6 Å². The molecule has 1 rings (SSSR count). The van der Waals surface area contributed by atoms with Crippen LogP contribution in [0.5, 0.6) is 0 Å². The van der Waals surface area contributed by atoms with Crippen molar-refractivity contribution in [2.24, 2.45) is 5.92 Å². The van der Waals surface area contributed by atoms with Gasteiger partial charge in [-0.15, -0.1) is 0 Å². The largest absolute Gasteiger partial charge is 0.414 e. The van der Waals surface area contributed by atoms with Crippen LogP contribution in [0, 0.1) is 5.92 Å². The zero-order valence-electron chi connectivity index (χ0n) is 11.0. The van der Waals surface area contributed by atoms with Gasteiger partial charge in [-0.2, -0.15) is 0 Å². The molecule has 1 nitrogen and oxygen atoms in total. The van der Waals surface area contributed by atoms with Crippen LogP contribution in [-0.4, -0.2) is 14.4 Å². The van der Waals surface area contributed by atoms with Crippen molar-refractivity contribution in [2.45, 2.75) is 65.3 Å². The summed E-state index contributed by atoms with van der Waals surface area (Å²) in [5.41, 5.74) is 1.56. The third-order valence-electron chi connectivity index (χ3n) is 3.08. The average Bonchev–Trinajstić information content (AvgIpc) is 2.08. The first-order valence-corrected chi connectivity index (χ1v) is 9.63. The number of rotatable bonds is 2. The molecule has 88 valence electrons. The van der Waals surface area contributed by atoms with Gasteiger partial charge in [0.2, 0.25) is 0 Å². The molecule has 0 aliphatic heterocycles. The summed E-state index contributed by atoms with van der Waals surface area (Å²) in [5, 5.41) is 0. The van der Waals surface area contributed by atoms with Crippen molar-refractivity contribution in [2.75, 3.05) is 0 Å². The molecule has 0 saturated heterocycles. The lowest BCUT2D eigenvalue weighted by Gasteiger charge is -2.32. The first kappa shape index (κ1) is 13.0. The highest BCUT2D eigenvalue weighted by atomic mass is 28.4. The SMILES string of the molecule is CC1=CCCC(O[Si](C)(C)C)C(C)CC1. The topological polar surface area (TPSA) is 9.23 Å². The van der Waals surface area contributed by atoms with Crippen molar-refractivity contribution >= 4 is 8.32 Å². The van der Waals surface area contributed by atoms with E-state index >= 15 is 0 Å². The van der Waals surface area contributed by atoms with Crippen LogP contribution in [0.1, 0.15) is 39.5 Å². The zero-order valence-corrected chi connectivity index (χ0v) is 12.0. The zero-order chi connectivity index (χ0) is 11.5. The maximum absolute atomic E-state index is 6.27. The normalized spacial score (nSPS) is 29.3. The van der Waals surface area contributed by atoms with E-state index in [-0.39, 0.29) is 0 Å². The molecule has 0 fully saturated rings. The van der Waals surface area contributed by atoms with Crippen LogP contribution in [0.3, 0.4) is 0 Å². The molecule has 2 atom stereocenters. The quantitative estimate of drug-likeness (QED) is 0.502. The van der Waals surface area contributed by atoms with E-state index in [1.54, 1.807) is 5.57 Å². The molecule has 0 aromatic rings. The number of hydrogen-bond acceptors (Lipinski definition) is 1. The fraction of sp³-hybridized carbons (Fsp3) is 0.846. The molecular weight excluding hydrogens is 200 g/mol. The van der Waals surface area contributed by atoms with Crippen molar-refractivity contribution in [1.29, 1.82) is 0 Å². The minimum Gasteiger partial charge on any atom is -0.414 e. The molecule has 1 aliphatic rings. The lowest BCUT2D eigenvalue weighted by atomic mass is 9.90. The number of allylic oxidation sites excluding steroid dienone is 2. The van der Waals surface area contributed by atoms with Gasteiger partial charge in [-0.05, 0) is 58.2 Å². The van der Waals surface area contributed by atoms with E-state index in [1.807, 2.05) is 0 Å². The Hall–Kier alpha value is -0.0831. The molecule has 0 spiro atoms. The van der Waals surface area contributed by atoms with Gasteiger partial charge in [0, 0.05) is 6.10 Å². The predicted octanol–water partition coefficient (Wildman–Crippen LogP) is 4.36. The lowest BCUT2D eigenvalue weighted by Crippen LogP contribution is -2.35. The molecule has 1 aliphatic carbocycles. The summed E-state index contributed by atoms with van der Waals surface area (Å²) in [6, 6.07) is 0. The summed E-state index contributed by atoms with van der Waals surface area (Å²) in [4.78, 5) is 0. The van der Waals surface area contributed by atoms with Crippen LogP contribution in [0.25, 0.3) is 0 Å². The molecule has 0 aromatic heterocycles. The van der Waals surface area contributed by atoms with Crippen LogP contribution in [0.2, 0.25) is 19.6 Å². The Morgan fingerprint density at radius 3 is 2.53 bits per heavy atom. The molecule has 2 unspecified atom stereocenters. The maximum Gasteiger partial charge on any atom is 0.184 e. The Balaban J connectivity index is 2.57. The van der Waals surface area contributed by atoms with Crippen LogP contribution >= 0.6 is 0 Å². The molecule has 0 aromatic carbocycles. The third-order valence-corrected chi connectivity index (χ3v) is 4.09. The van der Waals surface area contributed by atoms with Gasteiger partial charge in [-0.1, -0.05) is 18.6 Å². The minimum atomic E-state index is -1.36. The summed E-state index contributed by atoms with van der Waals surface area (Å²) in [6.07, 6.45) is 7.85. The Morgan fingerprint density at radius 2 is 1.93 bits per heavy atom. The van der Waals surface area contributed by atoms with Crippen molar-refractivity contribution in [1.82, 2.24) is 0 Å². The minimum absolute atomic E-state index is 0.501. The molecule has 0 bridgehead atoms. The summed E-state index contributed by atoms with van der Waals surface area (Å²) in [5.74, 6) is 0.723. The Bertz CT molecular complexity index is 227. The van der Waals surface area contributed by atoms with E-state index < -0.39 is 8.32 Å². The second-order valence-corrected chi connectivity index (χ2v) is 10.4. The van der Waals surface area contributed by atoms with Crippen LogP contribution in [0.4, 0.5) is 0 Å². The summed E-state index contributed by atoms with van der Waals surface area (Å²) in [7, 11) is -1.36. The van der Waals surface area contributed by atoms with E-state index in [0.29, 0.717) is 6.10 Å². The van der Waals surface area contributed by atoms with Gasteiger partial charge in [0.15, 0.2) is 8.32 Å². The fourth-order valence-electron chi connectivity index (χ4n) is 2.15. The highest BCUT2D eigenvalue weighted by Crippen LogP contribution is 2.26. The van der Waals surface area contributed by atoms with Gasteiger partial charge >= 0.3 is 0 Å². The van der Waals surface area contributed by atoms with Gasteiger partial charge < -0.3 is 4.43 Å². The van der Waals surface area contributed by atoms with E-state index in [9.17, 15) is 0 Å². The van der Waals surface area contributed by atoms with Crippen LogP contribution < -0.4 is 0 Å². The van der Waals surface area contributed by atoms with E-state index in [4.69, 9.17) is 4.43 Å². The van der Waals surface area contributed by atoms with Crippen molar-refractivity contribution in [3.63, 3.8) is 0 Å². The highest BCUT2D eigenvalue weighted by molar-refractivity contribution is 6.69. The van der Waals surface area contributed by atoms with Crippen molar-refractivity contribution < 1.29 is 4.43 Å². The molecule has 0 heterocycles. The Labute approximate surface area is 96.0 Å². The molecule has 0 N–H and O–H groups in total. The van der Waals surface area contributed by atoms with Crippen LogP contribution in [0.15, 0.2) is 11.6 Å². The smallest absolute Gasteiger partial charge is 0.184 e. The molecule has 0 saturated carbocycles. The highest BCUT2D eigenvalue weighted by Gasteiger charge is 2.25. The van der Waals surface area contributed by atoms with Gasteiger partial charge in [-0.3, -0.25) is 0 Å². The third kappa shape index (κ3) is 4.98. The molecule has 0 radical (unpaired) electrons. The molecule has 0 amide bonds. The van der Waals surface area contributed by atoms with E-state index in [2.05, 4.69) is 39.6 Å². The lowest BCUT2D eigenvalue weighted by molar-refractivity contribution is 0.120. The van der Waals surface area contributed by atoms with Gasteiger partial charge in [0.1, 0.15) is 0 Å². The standard InChI is InChI=1S/C13H26OSi/c1-11-7-6-8-13(12(2)10-9-11)14-15(3,4)5/h7,12-13H,6,8-10H2,1-5H3. The summed E-state index contributed by atoms with van der Waals surface area (Å²) in [6.45, 7) is 11.5. The van der Waals surface area contributed by atoms with E-state index in [0.717, 1.165) is 5.92 Å². The summed E-state index contributed by atoms with van der Waals surface area (Å²) < 4.78 is 6.27. The average molecular weight is 226 g/mol. The molecular formula is C13H26OSi. The molecule has 2 heteroatoms. The maximum atomic E-state index is 6.27. The second kappa shape index (κ2) is 5.31. The van der Waals surface area contributed by atoms with Gasteiger partial charge in [0.25, 0.3) is 0 Å². The summed E-state index contributed by atoms with van der Waals surface area (Å²) >= 11 is 0. The molecule has 15 heavy (non-hydrogen) atoms. The first-order valence-electron chi connectivity index (χ1n) is 6.22. The Morgan fingerprint density at radius 1 is 1.27 bits per heavy atom. The van der Waals surface area contributed by atoms with Crippen LogP contribution in [-0.2, 0) is 4.43 Å². The van der Waals surface area contributed by atoms with Crippen molar-refractivity contribution in [3.8, 4) is 0 Å². The number of hydrogen-bond donors (Lipinski definition) is 0. The van der Waals surface area contributed by atoms with Gasteiger partial charge in [-0.25, -0.2) is 0 Å².